The van der Waals surface area contributed by atoms with Gasteiger partial charge in [-0.3, -0.25) is 4.79 Å². The Morgan fingerprint density at radius 3 is 2.86 bits per heavy atom. The molecule has 116 valence electrons. The monoisotopic (exact) mass is 319 g/mol. The zero-order valence-electron chi connectivity index (χ0n) is 12.3. The Balaban J connectivity index is 1.98. The van der Waals surface area contributed by atoms with Crippen molar-refractivity contribution < 1.29 is 13.2 Å². The van der Waals surface area contributed by atoms with Crippen LogP contribution < -0.4 is 0 Å². The second-order valence-electron chi connectivity index (χ2n) is 5.72. The topological polar surface area (TPSA) is 81.5 Å². The minimum atomic E-state index is -3.78. The zero-order chi connectivity index (χ0) is 15.9. The Hall–Kier alpha value is -1.91. The molecule has 0 spiro atoms. The van der Waals surface area contributed by atoms with E-state index >= 15 is 0 Å². The highest BCUT2D eigenvalue weighted by Crippen LogP contribution is 2.30. The van der Waals surface area contributed by atoms with Crippen LogP contribution in [0.5, 0.6) is 0 Å². The summed E-state index contributed by atoms with van der Waals surface area (Å²) in [6.45, 7) is 2.67. The molecule has 22 heavy (non-hydrogen) atoms. The third-order valence-electron chi connectivity index (χ3n) is 4.41. The van der Waals surface area contributed by atoms with Crippen molar-refractivity contribution in [2.24, 2.45) is 0 Å². The number of nitrogens with zero attached hydrogens (tertiary/aromatic N) is 3. The largest absolute Gasteiger partial charge is 0.337 e. The van der Waals surface area contributed by atoms with Crippen LogP contribution in [0.15, 0.2) is 29.2 Å². The summed E-state index contributed by atoms with van der Waals surface area (Å²) in [4.78, 5) is 14.2. The number of piperazine rings is 1. The van der Waals surface area contributed by atoms with Crippen LogP contribution >= 0.6 is 0 Å². The fourth-order valence-corrected chi connectivity index (χ4v) is 4.88. The van der Waals surface area contributed by atoms with Gasteiger partial charge in [-0.1, -0.05) is 6.07 Å². The summed E-state index contributed by atoms with van der Waals surface area (Å²) in [5, 5.41) is 8.94. The second-order valence-corrected chi connectivity index (χ2v) is 7.61. The van der Waals surface area contributed by atoms with Crippen LogP contribution in [0.4, 0.5) is 0 Å². The number of fused-ring (bicyclic) bond motifs is 1. The number of benzene rings is 1. The van der Waals surface area contributed by atoms with Crippen molar-refractivity contribution in [3.05, 3.63) is 29.8 Å². The lowest BCUT2D eigenvalue weighted by molar-refractivity contribution is -0.139. The Labute approximate surface area is 130 Å². The molecule has 2 unspecified atom stereocenters. The van der Waals surface area contributed by atoms with Crippen LogP contribution in [0, 0.1) is 11.3 Å². The van der Waals surface area contributed by atoms with Crippen LogP contribution in [0.2, 0.25) is 0 Å². The highest BCUT2D eigenvalue weighted by atomic mass is 32.2. The molecule has 0 saturated carbocycles. The zero-order valence-corrected chi connectivity index (χ0v) is 13.1. The lowest BCUT2D eigenvalue weighted by Gasteiger charge is -2.40. The fourth-order valence-electron chi connectivity index (χ4n) is 3.21. The number of nitriles is 1. The van der Waals surface area contributed by atoms with Gasteiger partial charge in [-0.2, -0.15) is 9.57 Å². The highest BCUT2D eigenvalue weighted by molar-refractivity contribution is 7.89. The van der Waals surface area contributed by atoms with Crippen molar-refractivity contribution in [1.82, 2.24) is 9.21 Å². The molecular formula is C15H17N3O3S. The molecule has 1 aromatic rings. The van der Waals surface area contributed by atoms with Crippen molar-refractivity contribution in [2.45, 2.75) is 36.7 Å². The molecule has 0 aliphatic carbocycles. The van der Waals surface area contributed by atoms with Crippen molar-refractivity contribution in [2.75, 3.05) is 13.1 Å². The normalized spacial score (nSPS) is 25.8. The highest BCUT2D eigenvalue weighted by Gasteiger charge is 2.45. The number of hydrogen-bond acceptors (Lipinski definition) is 4. The van der Waals surface area contributed by atoms with Gasteiger partial charge in [0, 0.05) is 19.1 Å². The van der Waals surface area contributed by atoms with Gasteiger partial charge in [-0.25, -0.2) is 8.42 Å². The third kappa shape index (κ3) is 2.28. The first-order chi connectivity index (χ1) is 10.4. The fraction of sp³-hybridized carbons (Fsp3) is 0.467. The summed E-state index contributed by atoms with van der Waals surface area (Å²) in [6.07, 6.45) is 1.75. The first-order valence-electron chi connectivity index (χ1n) is 7.27. The molecule has 2 fully saturated rings. The molecular weight excluding hydrogens is 302 g/mol. The smallest absolute Gasteiger partial charge is 0.243 e. The number of amides is 1. The van der Waals surface area contributed by atoms with Gasteiger partial charge >= 0.3 is 0 Å². The van der Waals surface area contributed by atoms with E-state index in [0.29, 0.717) is 18.7 Å². The molecule has 0 aromatic heterocycles. The van der Waals surface area contributed by atoms with Crippen molar-refractivity contribution in [3.63, 3.8) is 0 Å². The molecule has 2 saturated heterocycles. The van der Waals surface area contributed by atoms with Crippen molar-refractivity contribution in [3.8, 4) is 6.07 Å². The van der Waals surface area contributed by atoms with Crippen LogP contribution in [-0.4, -0.2) is 48.7 Å². The van der Waals surface area contributed by atoms with Crippen LogP contribution in [0.25, 0.3) is 0 Å². The summed E-state index contributed by atoms with van der Waals surface area (Å²) < 4.78 is 27.0. The van der Waals surface area contributed by atoms with E-state index in [1.807, 2.05) is 6.07 Å². The predicted octanol–water partition coefficient (Wildman–Crippen LogP) is 0.942. The molecule has 7 heteroatoms. The number of rotatable bonds is 2. The van der Waals surface area contributed by atoms with E-state index < -0.39 is 16.1 Å². The Kier molecular flexibility index (Phi) is 3.67. The molecule has 2 aliphatic rings. The van der Waals surface area contributed by atoms with Gasteiger partial charge in [0.2, 0.25) is 15.9 Å². The van der Waals surface area contributed by atoms with E-state index in [0.717, 1.165) is 12.8 Å². The summed E-state index contributed by atoms with van der Waals surface area (Å²) in [6, 6.07) is 7.13. The number of carbonyl (C=O) groups is 1. The predicted molar refractivity (Wildman–Crippen MR) is 79.2 cm³/mol. The maximum Gasteiger partial charge on any atom is 0.243 e. The van der Waals surface area contributed by atoms with E-state index in [2.05, 4.69) is 0 Å². The van der Waals surface area contributed by atoms with Crippen molar-refractivity contribution in [1.29, 1.82) is 5.26 Å². The van der Waals surface area contributed by atoms with Crippen molar-refractivity contribution >= 4 is 15.9 Å². The van der Waals surface area contributed by atoms with Gasteiger partial charge in [0.15, 0.2) is 0 Å². The average molecular weight is 319 g/mol. The van der Waals surface area contributed by atoms with E-state index in [1.54, 1.807) is 24.0 Å². The van der Waals surface area contributed by atoms with Gasteiger partial charge in [0.1, 0.15) is 6.04 Å². The standard InChI is InChI=1S/C15H17N3O3S/c1-11-15(19)17-7-3-5-13(17)10-18(11)22(20,21)14-6-2-4-12(8-14)9-16/h2,4,6,8,11,13H,3,5,7,10H2,1H3. The van der Waals surface area contributed by atoms with E-state index in [-0.39, 0.29) is 16.8 Å². The molecule has 0 bridgehead atoms. The maximum absolute atomic E-state index is 12.8. The molecule has 0 radical (unpaired) electrons. The van der Waals surface area contributed by atoms with Gasteiger partial charge in [0.25, 0.3) is 0 Å². The lowest BCUT2D eigenvalue weighted by atomic mass is 10.1. The minimum absolute atomic E-state index is 0.0300. The molecule has 6 nitrogen and oxygen atoms in total. The number of hydrogen-bond donors (Lipinski definition) is 0. The van der Waals surface area contributed by atoms with E-state index in [1.165, 1.54) is 16.4 Å². The average Bonchev–Trinajstić information content (AvgIpc) is 2.99. The van der Waals surface area contributed by atoms with Crippen LogP contribution in [-0.2, 0) is 14.8 Å². The maximum atomic E-state index is 12.8. The summed E-state index contributed by atoms with van der Waals surface area (Å²) >= 11 is 0. The first-order valence-corrected chi connectivity index (χ1v) is 8.71. The molecule has 0 N–H and O–H groups in total. The van der Waals surface area contributed by atoms with Gasteiger partial charge < -0.3 is 4.90 Å². The van der Waals surface area contributed by atoms with E-state index in [4.69, 9.17) is 5.26 Å². The van der Waals surface area contributed by atoms with Crippen LogP contribution in [0.1, 0.15) is 25.3 Å². The molecule has 2 heterocycles. The summed E-state index contributed by atoms with van der Waals surface area (Å²) in [7, 11) is -3.78. The molecule has 2 atom stereocenters. The van der Waals surface area contributed by atoms with Crippen LogP contribution in [0.3, 0.4) is 0 Å². The minimum Gasteiger partial charge on any atom is -0.337 e. The third-order valence-corrected chi connectivity index (χ3v) is 6.34. The molecule has 1 amide bonds. The quantitative estimate of drug-likeness (QED) is 0.812. The Bertz CT molecular complexity index is 754. The van der Waals surface area contributed by atoms with Gasteiger partial charge in [-0.15, -0.1) is 0 Å². The summed E-state index contributed by atoms with van der Waals surface area (Å²) in [5.41, 5.74) is 0.291. The van der Waals surface area contributed by atoms with E-state index in [9.17, 15) is 13.2 Å². The molecule has 1 aromatic carbocycles. The molecule has 2 aliphatic heterocycles. The van der Waals surface area contributed by atoms with Gasteiger partial charge in [0.05, 0.1) is 16.5 Å². The number of carbonyl (C=O) groups excluding carboxylic acids is 1. The molecule has 3 rings (SSSR count). The number of sulfonamides is 1. The lowest BCUT2D eigenvalue weighted by Crippen LogP contribution is -2.59. The summed E-state index contributed by atoms with van der Waals surface area (Å²) in [5.74, 6) is -0.131. The first kappa shape index (κ1) is 15.0. The Morgan fingerprint density at radius 2 is 2.14 bits per heavy atom. The Morgan fingerprint density at radius 1 is 1.36 bits per heavy atom. The second kappa shape index (κ2) is 5.38. The SMILES string of the molecule is CC1C(=O)N2CCCC2CN1S(=O)(=O)c1cccc(C#N)c1. The van der Waals surface area contributed by atoms with Gasteiger partial charge in [-0.05, 0) is 38.0 Å².